The minimum Gasteiger partial charge on any atom is -0.485 e. The van der Waals surface area contributed by atoms with E-state index in [4.69, 9.17) is 14.7 Å². The van der Waals surface area contributed by atoms with Crippen molar-refractivity contribution in [3.8, 4) is 17.6 Å². The van der Waals surface area contributed by atoms with E-state index in [9.17, 15) is 4.79 Å². The van der Waals surface area contributed by atoms with Gasteiger partial charge in [0.1, 0.15) is 19.3 Å². The summed E-state index contributed by atoms with van der Waals surface area (Å²) in [4.78, 5) is 10.9. The Kier molecular flexibility index (Phi) is 2.60. The van der Waals surface area contributed by atoms with Gasteiger partial charge in [0, 0.05) is 4.47 Å². The maximum Gasteiger partial charge on any atom is 0.179 e. The number of nitriles is 1. The summed E-state index contributed by atoms with van der Waals surface area (Å²) in [5.41, 5.74) is 0.742. The molecule has 5 heteroatoms. The van der Waals surface area contributed by atoms with Gasteiger partial charge < -0.3 is 9.47 Å². The van der Waals surface area contributed by atoms with Crippen LogP contribution in [0.3, 0.4) is 0 Å². The molecule has 0 saturated heterocycles. The molecule has 0 radical (unpaired) electrons. The molecule has 0 fully saturated rings. The maximum absolute atomic E-state index is 10.9. The first-order valence-electron chi connectivity index (χ1n) is 4.25. The number of rotatable bonds is 1. The first kappa shape index (κ1) is 9.99. The molecule has 0 aromatic heterocycles. The van der Waals surface area contributed by atoms with Crippen molar-refractivity contribution in [1.29, 1.82) is 5.26 Å². The smallest absolute Gasteiger partial charge is 0.179 e. The van der Waals surface area contributed by atoms with Crippen molar-refractivity contribution in [2.24, 2.45) is 0 Å². The SMILES string of the molecule is N#Cc1cc(Br)c(C=O)c2c1OCCO2. The highest BCUT2D eigenvalue weighted by molar-refractivity contribution is 9.10. The Morgan fingerprint density at radius 2 is 2.07 bits per heavy atom. The molecule has 0 atom stereocenters. The van der Waals surface area contributed by atoms with Gasteiger partial charge in [0.05, 0.1) is 11.1 Å². The van der Waals surface area contributed by atoms with E-state index in [2.05, 4.69) is 15.9 Å². The minimum absolute atomic E-state index is 0.349. The van der Waals surface area contributed by atoms with Crippen LogP contribution >= 0.6 is 15.9 Å². The summed E-state index contributed by atoms with van der Waals surface area (Å²) in [5, 5.41) is 8.89. The average Bonchev–Trinajstić information content (AvgIpc) is 2.28. The lowest BCUT2D eigenvalue weighted by Gasteiger charge is -2.21. The van der Waals surface area contributed by atoms with Gasteiger partial charge in [-0.15, -0.1) is 0 Å². The van der Waals surface area contributed by atoms with Crippen molar-refractivity contribution in [3.63, 3.8) is 0 Å². The van der Waals surface area contributed by atoms with Crippen LogP contribution in [0, 0.1) is 11.3 Å². The second kappa shape index (κ2) is 3.91. The predicted octanol–water partition coefficient (Wildman–Crippen LogP) is 1.90. The summed E-state index contributed by atoms with van der Waals surface area (Å²) in [5.74, 6) is 0.705. The van der Waals surface area contributed by atoms with Crippen LogP contribution < -0.4 is 9.47 Å². The van der Waals surface area contributed by atoms with Crippen molar-refractivity contribution in [2.45, 2.75) is 0 Å². The fourth-order valence-corrected chi connectivity index (χ4v) is 1.89. The van der Waals surface area contributed by atoms with Gasteiger partial charge in [-0.3, -0.25) is 4.79 Å². The highest BCUT2D eigenvalue weighted by atomic mass is 79.9. The molecule has 1 aromatic carbocycles. The second-order valence-corrected chi connectivity index (χ2v) is 3.76. The molecule has 0 saturated carbocycles. The van der Waals surface area contributed by atoms with Gasteiger partial charge in [0.2, 0.25) is 0 Å². The summed E-state index contributed by atoms with van der Waals surface area (Å²) < 4.78 is 11.2. The number of carbonyl (C=O) groups is 1. The Bertz CT molecular complexity index is 465. The van der Waals surface area contributed by atoms with Gasteiger partial charge in [-0.1, -0.05) is 0 Å². The first-order chi connectivity index (χ1) is 7.27. The Labute approximate surface area is 94.5 Å². The lowest BCUT2D eigenvalue weighted by Crippen LogP contribution is -2.17. The molecule has 0 aliphatic carbocycles. The van der Waals surface area contributed by atoms with E-state index in [1.54, 1.807) is 6.07 Å². The monoisotopic (exact) mass is 267 g/mol. The lowest BCUT2D eigenvalue weighted by atomic mass is 10.1. The molecule has 1 heterocycles. The maximum atomic E-state index is 10.9. The summed E-state index contributed by atoms with van der Waals surface area (Å²) in [6.45, 7) is 0.775. The molecule has 0 bridgehead atoms. The van der Waals surface area contributed by atoms with Crippen LogP contribution in [0.15, 0.2) is 10.5 Å². The van der Waals surface area contributed by atoms with Crippen LogP contribution in [0.25, 0.3) is 0 Å². The van der Waals surface area contributed by atoms with Gasteiger partial charge in [-0.25, -0.2) is 0 Å². The zero-order valence-corrected chi connectivity index (χ0v) is 9.20. The molecule has 0 spiro atoms. The number of nitrogens with zero attached hydrogens (tertiary/aromatic N) is 1. The summed E-state index contributed by atoms with van der Waals surface area (Å²) >= 11 is 3.21. The van der Waals surface area contributed by atoms with Crippen molar-refractivity contribution < 1.29 is 14.3 Å². The third-order valence-electron chi connectivity index (χ3n) is 2.04. The number of aldehydes is 1. The number of hydrogen-bond donors (Lipinski definition) is 0. The molecule has 0 N–H and O–H groups in total. The Morgan fingerprint density at radius 3 is 2.67 bits per heavy atom. The van der Waals surface area contributed by atoms with Crippen molar-refractivity contribution in [1.82, 2.24) is 0 Å². The van der Waals surface area contributed by atoms with E-state index >= 15 is 0 Å². The molecule has 1 aromatic rings. The van der Waals surface area contributed by atoms with E-state index in [1.807, 2.05) is 6.07 Å². The highest BCUT2D eigenvalue weighted by Gasteiger charge is 2.22. The van der Waals surface area contributed by atoms with Crippen molar-refractivity contribution in [3.05, 3.63) is 21.7 Å². The zero-order chi connectivity index (χ0) is 10.8. The second-order valence-electron chi connectivity index (χ2n) is 2.90. The van der Waals surface area contributed by atoms with Crippen LogP contribution in [0.4, 0.5) is 0 Å². The number of benzene rings is 1. The van der Waals surface area contributed by atoms with Gasteiger partial charge in [0.25, 0.3) is 0 Å². The van der Waals surface area contributed by atoms with Crippen LogP contribution in [-0.2, 0) is 0 Å². The van der Waals surface area contributed by atoms with Crippen LogP contribution in [0.1, 0.15) is 15.9 Å². The van der Waals surface area contributed by atoms with Crippen LogP contribution in [0.5, 0.6) is 11.5 Å². The normalized spacial score (nSPS) is 13.1. The van der Waals surface area contributed by atoms with Crippen molar-refractivity contribution >= 4 is 22.2 Å². The fourth-order valence-electron chi connectivity index (χ4n) is 1.39. The van der Waals surface area contributed by atoms with Gasteiger partial charge in [0.15, 0.2) is 17.8 Å². The predicted molar refractivity (Wildman–Crippen MR) is 55.2 cm³/mol. The van der Waals surface area contributed by atoms with Crippen LogP contribution in [0.2, 0.25) is 0 Å². The molecule has 76 valence electrons. The summed E-state index contributed by atoms with van der Waals surface area (Å²) in [6.07, 6.45) is 0.679. The first-order valence-corrected chi connectivity index (χ1v) is 5.04. The molecule has 1 aliphatic heterocycles. The average molecular weight is 268 g/mol. The number of fused-ring (bicyclic) bond motifs is 1. The number of carbonyl (C=O) groups excluding carboxylic acids is 1. The third kappa shape index (κ3) is 1.57. The number of halogens is 1. The molecule has 2 rings (SSSR count). The third-order valence-corrected chi connectivity index (χ3v) is 2.69. The van der Waals surface area contributed by atoms with Gasteiger partial charge in [-0.05, 0) is 22.0 Å². The minimum atomic E-state index is 0.349. The van der Waals surface area contributed by atoms with E-state index in [1.165, 1.54) is 0 Å². The quantitative estimate of drug-likeness (QED) is 0.730. The topological polar surface area (TPSA) is 59.3 Å². The molecule has 4 nitrogen and oxygen atoms in total. The largest absolute Gasteiger partial charge is 0.485 e. The molecule has 0 unspecified atom stereocenters. The van der Waals surface area contributed by atoms with Crippen LogP contribution in [-0.4, -0.2) is 19.5 Å². The molecule has 15 heavy (non-hydrogen) atoms. The fraction of sp³-hybridized carbons (Fsp3) is 0.200. The highest BCUT2D eigenvalue weighted by Crippen LogP contribution is 2.40. The standard InChI is InChI=1S/C10H6BrNO3/c11-8-3-6(4-12)9-10(7(8)5-13)15-2-1-14-9/h3,5H,1-2H2. The van der Waals surface area contributed by atoms with E-state index in [0.717, 1.165) is 0 Å². The van der Waals surface area contributed by atoms with Gasteiger partial charge >= 0.3 is 0 Å². The number of ether oxygens (including phenoxy) is 2. The Balaban J connectivity index is 2.72. The molecule has 1 aliphatic rings. The van der Waals surface area contributed by atoms with Crippen molar-refractivity contribution in [2.75, 3.05) is 13.2 Å². The molecular formula is C10H6BrNO3. The summed E-state index contributed by atoms with van der Waals surface area (Å²) in [7, 11) is 0. The van der Waals surface area contributed by atoms with E-state index < -0.39 is 0 Å². The lowest BCUT2D eigenvalue weighted by molar-refractivity contribution is 0.111. The molecular weight excluding hydrogens is 262 g/mol. The number of hydrogen-bond acceptors (Lipinski definition) is 4. The summed E-state index contributed by atoms with van der Waals surface area (Å²) in [6, 6.07) is 3.55. The molecule has 0 amide bonds. The Morgan fingerprint density at radius 1 is 1.40 bits per heavy atom. The van der Waals surface area contributed by atoms with E-state index in [-0.39, 0.29) is 0 Å². The van der Waals surface area contributed by atoms with E-state index in [0.29, 0.717) is 46.6 Å². The Hall–Kier alpha value is -1.54. The van der Waals surface area contributed by atoms with Gasteiger partial charge in [-0.2, -0.15) is 5.26 Å². The zero-order valence-electron chi connectivity index (χ0n) is 7.62.